The van der Waals surface area contributed by atoms with E-state index in [4.69, 9.17) is 66.3 Å². The van der Waals surface area contributed by atoms with Gasteiger partial charge in [-0.25, -0.2) is 0 Å². The number of aliphatic hydroxyl groups is 23. The van der Waals surface area contributed by atoms with Crippen LogP contribution in [0.1, 0.15) is 121 Å². The molecule has 11 aliphatic rings. The van der Waals surface area contributed by atoms with Gasteiger partial charge in [-0.1, -0.05) is 67.0 Å². The van der Waals surface area contributed by atoms with E-state index in [0.717, 1.165) is 18.4 Å². The van der Waals surface area contributed by atoms with Gasteiger partial charge in [-0.3, -0.25) is 0 Å². The van der Waals surface area contributed by atoms with Gasteiger partial charge in [0.05, 0.1) is 82.4 Å². The quantitative estimate of drug-likeness (QED) is 0.0358. The van der Waals surface area contributed by atoms with E-state index in [1.165, 1.54) is 27.7 Å². The van der Waals surface area contributed by atoms with Crippen LogP contribution in [0, 0.1) is 57.2 Å². The molecule has 37 nitrogen and oxygen atoms in total. The van der Waals surface area contributed by atoms with E-state index >= 15 is 0 Å². The zero-order valence-corrected chi connectivity index (χ0v) is 64.4. The van der Waals surface area contributed by atoms with Crippen LogP contribution in [0.3, 0.4) is 0 Å². The molecule has 3 saturated carbocycles. The Morgan fingerprint density at radius 3 is 1.34 bits per heavy atom. The van der Waals surface area contributed by atoms with Crippen molar-refractivity contribution in [2.75, 3.05) is 46.2 Å². The first-order chi connectivity index (χ1) is 52.0. The molecule has 0 bridgehead atoms. The van der Waals surface area contributed by atoms with E-state index in [9.17, 15) is 117 Å². The second-order valence-electron chi connectivity index (χ2n) is 35.1. The van der Waals surface area contributed by atoms with Gasteiger partial charge in [-0.2, -0.15) is 0 Å². The molecule has 7 aliphatic heterocycles. The van der Waals surface area contributed by atoms with Crippen LogP contribution in [0.5, 0.6) is 0 Å². The molecule has 0 radical (unpaired) electrons. The third-order valence-corrected chi connectivity index (χ3v) is 27.8. The average molecular weight is 1610 g/mol. The second kappa shape index (κ2) is 35.5. The lowest BCUT2D eigenvalue weighted by molar-refractivity contribution is -0.396. The number of ether oxygens (including phenoxy) is 14. The minimum Gasteiger partial charge on any atom is -0.394 e. The first-order valence-corrected chi connectivity index (χ1v) is 39.2. The Kier molecular flexibility index (Phi) is 28.8. The number of hydrogen-bond donors (Lipinski definition) is 23. The summed E-state index contributed by atoms with van der Waals surface area (Å²) < 4.78 is 85.4. The number of hydrogen-bond acceptors (Lipinski definition) is 37. The van der Waals surface area contributed by atoms with Crippen LogP contribution >= 0.6 is 0 Å². The smallest absolute Gasteiger partial charge is 0.187 e. The Bertz CT molecular complexity index is 3010. The second-order valence-corrected chi connectivity index (χ2v) is 35.1. The van der Waals surface area contributed by atoms with E-state index < -0.39 is 301 Å². The van der Waals surface area contributed by atoms with Gasteiger partial charge in [0.2, 0.25) is 0 Å². The molecule has 23 N–H and O–H groups in total. The molecular formula is C74H126O37. The van der Waals surface area contributed by atoms with Gasteiger partial charge >= 0.3 is 0 Å². The molecular weight excluding hydrogens is 1480 g/mol. The maximum Gasteiger partial charge on any atom is 0.187 e. The highest BCUT2D eigenvalue weighted by Crippen LogP contribution is 2.75. The van der Waals surface area contributed by atoms with Crippen LogP contribution in [0.4, 0.5) is 0 Å². The normalized spacial score (nSPS) is 52.3. The van der Waals surface area contributed by atoms with Gasteiger partial charge in [0.25, 0.3) is 0 Å². The fourth-order valence-electron chi connectivity index (χ4n) is 20.3. The van der Waals surface area contributed by atoms with Crippen molar-refractivity contribution in [3.8, 4) is 0 Å². The van der Waals surface area contributed by atoms with E-state index in [1.54, 1.807) is 0 Å². The summed E-state index contributed by atoms with van der Waals surface area (Å²) in [4.78, 5) is 0. The molecule has 7 saturated heterocycles. The van der Waals surface area contributed by atoms with Crippen molar-refractivity contribution in [2.45, 2.75) is 347 Å². The number of rotatable bonds is 26. The van der Waals surface area contributed by atoms with Gasteiger partial charge in [-0.05, 0) is 99.7 Å². The predicted molar refractivity (Wildman–Crippen MR) is 372 cm³/mol. The molecule has 45 atom stereocenters. The van der Waals surface area contributed by atoms with Crippen molar-refractivity contribution in [2.24, 2.45) is 57.2 Å². The first kappa shape index (κ1) is 90.0. The van der Waals surface area contributed by atoms with Crippen LogP contribution < -0.4 is 0 Å². The van der Waals surface area contributed by atoms with Crippen LogP contribution in [-0.2, 0) is 66.3 Å². The molecule has 0 amide bonds. The highest BCUT2D eigenvalue weighted by Gasteiger charge is 2.71. The minimum atomic E-state index is -2.09. The summed E-state index contributed by atoms with van der Waals surface area (Å²) in [6.45, 7) is 13.8. The molecule has 0 aromatic rings. The molecule has 11 rings (SSSR count). The zero-order chi connectivity index (χ0) is 81.5. The van der Waals surface area contributed by atoms with Crippen LogP contribution in [0.2, 0.25) is 0 Å². The standard InChI is InChI=1S/C74H126O37/c1-27(30-17-18-72(8)40-14-12-31-32(74(40,10)41(79)19-73(30,72)9)13-16-42(70(31,4)5)108-67-58(94)55(91)51(87)38(106-67)25-99-65-57(93)53(89)49(85)35(22-77)102-65)11-15-43(71(6,7)97)109-69-62(111-68-59(95)54(90)50(86)36(23-78)104-68)60(96)61(110-66-47(83)28(2)44(80)33(20-75)103-66)39(107-69)26-100-63-46(82)29(3)45(81)37(105-63)24-98-64-56(92)52(88)48(84)34(21-76)101-64/h12,27-30,32-69,75-97H,11,13-26H2,1-10H3/t27-,28+,29+,30?,32?,33-,34-,35-,36+,37-,38-,39-,40?,41-,42+,43-,44+,45+,46-,47-,48-,49-,50+,51-,52+,53+,54-,55+,56-,57-,58-,59+,60+,61-,62-,63+,64+,65+,66-,67+,68-,69+,72+,73-,74+/m1/s1. The molecule has 0 aromatic heterocycles. The Labute approximate surface area is 643 Å². The van der Waals surface area contributed by atoms with Gasteiger partial charge < -0.3 is 184 Å². The van der Waals surface area contributed by atoms with E-state index in [-0.39, 0.29) is 35.5 Å². The molecule has 37 heteroatoms. The van der Waals surface area contributed by atoms with Gasteiger partial charge in [0.15, 0.2) is 44.0 Å². The average Bonchev–Trinajstić information content (AvgIpc) is 1.66. The summed E-state index contributed by atoms with van der Waals surface area (Å²) in [6.07, 6.45) is -51.9. The molecule has 10 fully saturated rings. The van der Waals surface area contributed by atoms with Crippen molar-refractivity contribution in [1.29, 1.82) is 0 Å². The molecule has 0 aromatic carbocycles. The summed E-state index contributed by atoms with van der Waals surface area (Å²) in [5, 5.41) is 253. The summed E-state index contributed by atoms with van der Waals surface area (Å²) in [7, 11) is 0. The maximum absolute atomic E-state index is 13.0. The van der Waals surface area contributed by atoms with Crippen molar-refractivity contribution in [3.05, 3.63) is 11.6 Å². The molecule has 4 aliphatic carbocycles. The largest absolute Gasteiger partial charge is 0.394 e. The SMILES string of the molecule is C[C@@H]1[C@@H](O)[C@@H](OC[C@H]2O[C@@H](O[C@H](CC[C@@H](C)C3CC[C@@]4(C)C5CC=C6C(CC[C@H](O[C@@H]7O[C@H](CO[C@H]8O[C@H](CO)[C@@H](O)[C@H](O)[C@H]8O)[C@@H](O)[C@H](O)[C@H]7O)C6(C)C)[C@]5(C)[C@H](O)C[C@]34C)C(C)(C)O)[C@H](O[C@H]3O[C@@H](CO)[C@H](O)[C@@H](O)[C@@H]3O)[C@@H](O)[C@@H]2O[C@H]2O[C@H](CO)[C@@H](O)[C@H](C)[C@H]2O)O[C@H](CO[C@H]2O[C@H](CO)[C@@H](O)[C@H](O)[C@H]2O)[C@H]1O. The van der Waals surface area contributed by atoms with E-state index in [0.29, 0.717) is 32.1 Å². The fourth-order valence-corrected chi connectivity index (χ4v) is 20.3. The molecule has 3 unspecified atom stereocenters. The van der Waals surface area contributed by atoms with Crippen LogP contribution in [-0.4, -0.2) is 390 Å². The van der Waals surface area contributed by atoms with Gasteiger partial charge in [-0.15, -0.1) is 0 Å². The highest BCUT2D eigenvalue weighted by atomic mass is 16.8. The van der Waals surface area contributed by atoms with Crippen molar-refractivity contribution < 1.29 is 184 Å². The minimum absolute atomic E-state index is 0.0153. The van der Waals surface area contributed by atoms with Gasteiger partial charge in [0, 0.05) is 22.7 Å². The molecule has 644 valence electrons. The van der Waals surface area contributed by atoms with E-state index in [2.05, 4.69) is 33.8 Å². The van der Waals surface area contributed by atoms with Crippen molar-refractivity contribution >= 4 is 0 Å². The summed E-state index contributed by atoms with van der Waals surface area (Å²) >= 11 is 0. The highest BCUT2D eigenvalue weighted by molar-refractivity contribution is 5.32. The topological polar surface area (TPSA) is 595 Å². The van der Waals surface area contributed by atoms with Crippen molar-refractivity contribution in [3.63, 3.8) is 0 Å². The lowest BCUT2D eigenvalue weighted by Gasteiger charge is -2.67. The van der Waals surface area contributed by atoms with Crippen LogP contribution in [0.25, 0.3) is 0 Å². The lowest BCUT2D eigenvalue weighted by atomic mass is 9.38. The number of fused-ring (bicyclic) bond motifs is 5. The summed E-state index contributed by atoms with van der Waals surface area (Å²) in [5.74, 6) is -2.39. The lowest BCUT2D eigenvalue weighted by Crippen LogP contribution is -2.67. The molecule has 7 heterocycles. The first-order valence-electron chi connectivity index (χ1n) is 39.2. The summed E-state index contributed by atoms with van der Waals surface area (Å²) in [6, 6.07) is 0. The molecule has 111 heavy (non-hydrogen) atoms. The fraction of sp³-hybridized carbons (Fsp3) is 0.973. The Hall–Kier alpha value is -1.74. The number of aliphatic hydroxyl groups excluding tert-OH is 22. The zero-order valence-electron chi connectivity index (χ0n) is 64.4. The van der Waals surface area contributed by atoms with E-state index in [1.807, 2.05) is 13.8 Å². The Balaban J connectivity index is 0.816. The predicted octanol–water partition coefficient (Wildman–Crippen LogP) is -7.21. The number of allylic oxidation sites excluding steroid dienone is 1. The van der Waals surface area contributed by atoms with Crippen molar-refractivity contribution in [1.82, 2.24) is 0 Å². The third-order valence-electron chi connectivity index (χ3n) is 27.8. The molecule has 0 spiro atoms. The van der Waals surface area contributed by atoms with Crippen LogP contribution in [0.15, 0.2) is 11.6 Å². The Morgan fingerprint density at radius 1 is 0.432 bits per heavy atom. The monoisotopic (exact) mass is 1610 g/mol. The Morgan fingerprint density at radius 2 is 0.829 bits per heavy atom. The summed E-state index contributed by atoms with van der Waals surface area (Å²) in [5.41, 5.74) is -2.90. The third kappa shape index (κ3) is 17.0. The maximum atomic E-state index is 13.0. The van der Waals surface area contributed by atoms with Gasteiger partial charge in [0.1, 0.15) is 146 Å².